The molecule has 8 heteroatoms. The van der Waals surface area contributed by atoms with E-state index in [4.69, 9.17) is 10.7 Å². The average molecular weight is 310 g/mol. The normalized spacial score (nSPS) is 14.1. The zero-order valence-corrected chi connectivity index (χ0v) is 11.9. The van der Waals surface area contributed by atoms with E-state index in [1.54, 1.807) is 6.92 Å². The molecule has 0 saturated heterocycles. The van der Waals surface area contributed by atoms with E-state index in [1.165, 1.54) is 18.2 Å². The minimum Gasteiger partial charge on any atom is -0.207 e. The van der Waals surface area contributed by atoms with E-state index >= 15 is 0 Å². The van der Waals surface area contributed by atoms with Gasteiger partial charge in [0.1, 0.15) is 0 Å². The van der Waals surface area contributed by atoms with E-state index in [2.05, 4.69) is 11.3 Å². The average Bonchev–Trinajstić information content (AvgIpc) is 2.27. The Morgan fingerprint density at radius 3 is 2.00 bits per heavy atom. The Kier molecular flexibility index (Phi) is 4.55. The highest BCUT2D eigenvalue weighted by molar-refractivity contribution is 8.13. The van der Waals surface area contributed by atoms with Gasteiger partial charge in [0.15, 0.2) is 0 Å². The van der Waals surface area contributed by atoms with Gasteiger partial charge in [0.25, 0.3) is 9.05 Å². The Morgan fingerprint density at radius 2 is 1.61 bits per heavy atom. The second-order valence-electron chi connectivity index (χ2n) is 3.55. The highest BCUT2D eigenvalue weighted by Gasteiger charge is 2.17. The van der Waals surface area contributed by atoms with E-state index in [9.17, 15) is 16.8 Å². The first-order chi connectivity index (χ1) is 8.16. The first-order valence-electron chi connectivity index (χ1n) is 4.86. The minimum absolute atomic E-state index is 0.0414. The van der Waals surface area contributed by atoms with E-state index in [1.807, 2.05) is 0 Å². The van der Waals surface area contributed by atoms with Gasteiger partial charge in [-0.3, -0.25) is 0 Å². The van der Waals surface area contributed by atoms with Gasteiger partial charge in [0.05, 0.1) is 9.79 Å². The minimum atomic E-state index is -3.85. The van der Waals surface area contributed by atoms with Gasteiger partial charge in [-0.05, 0) is 31.2 Å². The summed E-state index contributed by atoms with van der Waals surface area (Å²) in [6.07, 6.45) is 1.44. The van der Waals surface area contributed by atoms with Gasteiger partial charge in [-0.25, -0.2) is 21.6 Å². The maximum absolute atomic E-state index is 11.8. The number of hydrogen-bond donors (Lipinski definition) is 1. The molecule has 1 aromatic carbocycles. The summed E-state index contributed by atoms with van der Waals surface area (Å²) < 4.78 is 48.0. The zero-order chi connectivity index (χ0) is 14.0. The molecule has 0 aliphatic rings. The molecule has 18 heavy (non-hydrogen) atoms. The van der Waals surface area contributed by atoms with Gasteiger partial charge < -0.3 is 0 Å². The summed E-state index contributed by atoms with van der Waals surface area (Å²) >= 11 is 0. The number of rotatable bonds is 5. The highest BCUT2D eigenvalue weighted by atomic mass is 35.7. The molecular weight excluding hydrogens is 298 g/mol. The van der Waals surface area contributed by atoms with Gasteiger partial charge in [0, 0.05) is 16.7 Å². The topological polar surface area (TPSA) is 80.3 Å². The molecule has 1 rings (SSSR count). The third kappa shape index (κ3) is 3.81. The first-order valence-corrected chi connectivity index (χ1v) is 8.65. The van der Waals surface area contributed by atoms with Crippen LogP contribution in [-0.2, 0) is 19.1 Å². The van der Waals surface area contributed by atoms with Crippen molar-refractivity contribution in [2.45, 2.75) is 22.8 Å². The number of hydrogen-bond acceptors (Lipinski definition) is 4. The standard InChI is InChI=1S/C10H12ClNO4S2/c1-3-8(2)12-18(15,16)10-6-4-9(5-7-10)17(11,13)14/h3-8,12H,1H2,2H3. The third-order valence-corrected chi connectivity index (χ3v) is 5.05. The number of sulfonamides is 1. The summed E-state index contributed by atoms with van der Waals surface area (Å²) in [5.74, 6) is 0. The number of benzene rings is 1. The van der Waals surface area contributed by atoms with Crippen LogP contribution in [0.3, 0.4) is 0 Å². The lowest BCUT2D eigenvalue weighted by atomic mass is 10.4. The molecule has 0 aromatic heterocycles. The summed E-state index contributed by atoms with van der Waals surface area (Å²) in [4.78, 5) is -0.194. The van der Waals surface area contributed by atoms with Crippen molar-refractivity contribution in [1.82, 2.24) is 4.72 Å². The van der Waals surface area contributed by atoms with Crippen LogP contribution in [0.25, 0.3) is 0 Å². The molecule has 5 nitrogen and oxygen atoms in total. The van der Waals surface area contributed by atoms with Crippen LogP contribution in [-0.4, -0.2) is 22.9 Å². The summed E-state index contributed by atoms with van der Waals surface area (Å²) in [7, 11) is -2.42. The van der Waals surface area contributed by atoms with Gasteiger partial charge in [-0.15, -0.1) is 6.58 Å². The van der Waals surface area contributed by atoms with Crippen LogP contribution in [0, 0.1) is 0 Å². The van der Waals surface area contributed by atoms with Crippen molar-refractivity contribution in [1.29, 1.82) is 0 Å². The predicted molar refractivity (Wildman–Crippen MR) is 69.5 cm³/mol. The molecule has 0 amide bonds. The smallest absolute Gasteiger partial charge is 0.207 e. The molecule has 0 heterocycles. The van der Waals surface area contributed by atoms with E-state index < -0.39 is 25.1 Å². The molecule has 0 saturated carbocycles. The monoisotopic (exact) mass is 309 g/mol. The highest BCUT2D eigenvalue weighted by Crippen LogP contribution is 2.17. The second-order valence-corrected chi connectivity index (χ2v) is 7.83. The fourth-order valence-corrected chi connectivity index (χ4v) is 3.13. The fraction of sp³-hybridized carbons (Fsp3) is 0.200. The number of halogens is 1. The molecule has 0 aliphatic heterocycles. The third-order valence-electron chi connectivity index (χ3n) is 2.11. The molecule has 100 valence electrons. The molecule has 1 atom stereocenters. The van der Waals surface area contributed by atoms with Crippen molar-refractivity contribution >= 4 is 29.8 Å². The molecule has 1 unspecified atom stereocenters. The van der Waals surface area contributed by atoms with Crippen LogP contribution in [0.4, 0.5) is 0 Å². The maximum Gasteiger partial charge on any atom is 0.261 e. The Morgan fingerprint density at radius 1 is 1.17 bits per heavy atom. The lowest BCUT2D eigenvalue weighted by molar-refractivity contribution is 0.575. The predicted octanol–water partition coefficient (Wildman–Crippen LogP) is 1.47. The molecule has 1 N–H and O–H groups in total. The molecule has 0 spiro atoms. The zero-order valence-electron chi connectivity index (χ0n) is 9.50. The lowest BCUT2D eigenvalue weighted by Gasteiger charge is -2.10. The van der Waals surface area contributed by atoms with Crippen molar-refractivity contribution in [2.24, 2.45) is 0 Å². The SMILES string of the molecule is C=CC(C)NS(=O)(=O)c1ccc(S(=O)(=O)Cl)cc1. The molecule has 0 radical (unpaired) electrons. The van der Waals surface area contributed by atoms with Crippen LogP contribution < -0.4 is 4.72 Å². The lowest BCUT2D eigenvalue weighted by Crippen LogP contribution is -2.30. The van der Waals surface area contributed by atoms with E-state index in [0.717, 1.165) is 12.1 Å². The van der Waals surface area contributed by atoms with Gasteiger partial charge in [0.2, 0.25) is 10.0 Å². The summed E-state index contributed by atoms with van der Waals surface area (Å²) in [6.45, 7) is 5.09. The molecule has 0 fully saturated rings. The van der Waals surface area contributed by atoms with Gasteiger partial charge in [-0.2, -0.15) is 0 Å². The van der Waals surface area contributed by atoms with Crippen molar-refractivity contribution in [3.05, 3.63) is 36.9 Å². The van der Waals surface area contributed by atoms with Crippen LogP contribution >= 0.6 is 10.7 Å². The van der Waals surface area contributed by atoms with Crippen LogP contribution in [0.1, 0.15) is 6.92 Å². The van der Waals surface area contributed by atoms with Crippen molar-refractivity contribution < 1.29 is 16.8 Å². The van der Waals surface area contributed by atoms with E-state index in [-0.39, 0.29) is 9.79 Å². The molecule has 0 bridgehead atoms. The molecular formula is C10H12ClNO4S2. The Bertz CT molecular complexity index is 635. The van der Waals surface area contributed by atoms with Crippen molar-refractivity contribution in [3.8, 4) is 0 Å². The largest absolute Gasteiger partial charge is 0.261 e. The Balaban J connectivity index is 3.09. The summed E-state index contributed by atoms with van der Waals surface area (Å²) in [6, 6.07) is 4.19. The Labute approximate surface area is 111 Å². The summed E-state index contributed by atoms with van der Waals surface area (Å²) in [5, 5.41) is 0. The van der Waals surface area contributed by atoms with Crippen molar-refractivity contribution in [2.75, 3.05) is 0 Å². The molecule has 1 aromatic rings. The van der Waals surface area contributed by atoms with Crippen LogP contribution in [0.15, 0.2) is 46.7 Å². The quantitative estimate of drug-likeness (QED) is 0.659. The summed E-state index contributed by atoms with van der Waals surface area (Å²) in [5.41, 5.74) is 0. The number of nitrogens with one attached hydrogen (secondary N) is 1. The fourth-order valence-electron chi connectivity index (χ4n) is 1.14. The van der Waals surface area contributed by atoms with Gasteiger partial charge in [-0.1, -0.05) is 6.08 Å². The van der Waals surface area contributed by atoms with Gasteiger partial charge >= 0.3 is 0 Å². The Hall–Kier alpha value is -0.890. The maximum atomic E-state index is 11.8. The van der Waals surface area contributed by atoms with E-state index in [0.29, 0.717) is 0 Å². The molecule has 0 aliphatic carbocycles. The van der Waals surface area contributed by atoms with Crippen LogP contribution in [0.2, 0.25) is 0 Å². The first kappa shape index (κ1) is 15.2. The second kappa shape index (κ2) is 5.40. The van der Waals surface area contributed by atoms with Crippen molar-refractivity contribution in [3.63, 3.8) is 0 Å². The van der Waals surface area contributed by atoms with Crippen LogP contribution in [0.5, 0.6) is 0 Å².